The van der Waals surface area contributed by atoms with E-state index in [1.165, 1.54) is 18.4 Å². The van der Waals surface area contributed by atoms with Gasteiger partial charge in [0.15, 0.2) is 9.84 Å². The number of hydrogen-bond donors (Lipinski definition) is 1. The Morgan fingerprint density at radius 3 is 2.08 bits per heavy atom. The Labute approximate surface area is 141 Å². The molecular formula is C19H18FNO2S. The molecule has 0 fully saturated rings. The average Bonchev–Trinajstić information content (AvgIpc) is 2.99. The number of aryl methyl sites for hydroxylation is 1. The smallest absolute Gasteiger partial charge is 0.175 e. The molecule has 0 aliphatic rings. The zero-order valence-electron chi connectivity index (χ0n) is 13.5. The second-order valence-electron chi connectivity index (χ2n) is 5.74. The summed E-state index contributed by atoms with van der Waals surface area (Å²) >= 11 is 0. The van der Waals surface area contributed by atoms with Crippen molar-refractivity contribution in [3.63, 3.8) is 0 Å². The van der Waals surface area contributed by atoms with Gasteiger partial charge in [-0.05, 0) is 47.9 Å². The van der Waals surface area contributed by atoms with E-state index < -0.39 is 9.84 Å². The second kappa shape index (κ2) is 6.24. The lowest BCUT2D eigenvalue weighted by atomic mass is 10.0. The molecule has 0 bridgehead atoms. The molecule has 0 unspecified atom stereocenters. The van der Waals surface area contributed by atoms with Crippen molar-refractivity contribution in [1.29, 1.82) is 0 Å². The second-order valence-corrected chi connectivity index (χ2v) is 7.76. The quantitative estimate of drug-likeness (QED) is 0.761. The van der Waals surface area contributed by atoms with Crippen LogP contribution >= 0.6 is 0 Å². The molecule has 5 heteroatoms. The summed E-state index contributed by atoms with van der Waals surface area (Å²) in [5.41, 5.74) is 4.74. The van der Waals surface area contributed by atoms with Crippen LogP contribution in [0.15, 0.2) is 59.5 Å². The summed E-state index contributed by atoms with van der Waals surface area (Å²) in [6.45, 7) is 2.05. The van der Waals surface area contributed by atoms with Gasteiger partial charge in [0.1, 0.15) is 5.82 Å². The van der Waals surface area contributed by atoms with Crippen molar-refractivity contribution in [3.05, 3.63) is 66.1 Å². The number of hydrogen-bond acceptors (Lipinski definition) is 2. The number of aromatic amines is 1. The number of halogens is 1. The van der Waals surface area contributed by atoms with E-state index in [1.54, 1.807) is 36.4 Å². The average molecular weight is 343 g/mol. The van der Waals surface area contributed by atoms with Crippen molar-refractivity contribution < 1.29 is 12.8 Å². The highest BCUT2D eigenvalue weighted by atomic mass is 32.2. The van der Waals surface area contributed by atoms with Gasteiger partial charge in [0.2, 0.25) is 0 Å². The lowest BCUT2D eigenvalue weighted by Crippen LogP contribution is -1.96. The largest absolute Gasteiger partial charge is 0.358 e. The number of sulfone groups is 1. The molecule has 2 aromatic carbocycles. The van der Waals surface area contributed by atoms with Crippen molar-refractivity contribution in [1.82, 2.24) is 4.98 Å². The Morgan fingerprint density at radius 2 is 1.54 bits per heavy atom. The standard InChI is InChI=1S/C19H18FNO2S/c1-3-16-12-18(13-4-8-15(20)9-5-13)19(21-16)14-6-10-17(11-7-14)24(2,22)23/h4-12,21H,3H2,1-2H3. The fraction of sp³-hybridized carbons (Fsp3) is 0.158. The van der Waals surface area contributed by atoms with E-state index in [2.05, 4.69) is 11.9 Å². The van der Waals surface area contributed by atoms with Crippen LogP contribution in [0.4, 0.5) is 4.39 Å². The topological polar surface area (TPSA) is 49.9 Å². The first-order chi connectivity index (χ1) is 11.4. The summed E-state index contributed by atoms with van der Waals surface area (Å²) in [5.74, 6) is -0.274. The summed E-state index contributed by atoms with van der Waals surface area (Å²) in [7, 11) is -3.22. The molecule has 1 heterocycles. The molecular weight excluding hydrogens is 325 g/mol. The van der Waals surface area contributed by atoms with Crippen LogP contribution in [-0.2, 0) is 16.3 Å². The lowest BCUT2D eigenvalue weighted by molar-refractivity contribution is 0.602. The van der Waals surface area contributed by atoms with Gasteiger partial charge in [-0.3, -0.25) is 0 Å². The van der Waals surface area contributed by atoms with Crippen LogP contribution in [0.3, 0.4) is 0 Å². The fourth-order valence-corrected chi connectivity index (χ4v) is 3.28. The number of benzene rings is 2. The van der Waals surface area contributed by atoms with Gasteiger partial charge < -0.3 is 4.98 Å². The Kier molecular flexibility index (Phi) is 4.28. The molecule has 0 saturated carbocycles. The first kappa shape index (κ1) is 16.5. The van der Waals surface area contributed by atoms with E-state index in [4.69, 9.17) is 0 Å². The van der Waals surface area contributed by atoms with Gasteiger partial charge in [-0.25, -0.2) is 12.8 Å². The van der Waals surface area contributed by atoms with Crippen LogP contribution in [-0.4, -0.2) is 19.7 Å². The maximum Gasteiger partial charge on any atom is 0.175 e. The van der Waals surface area contributed by atoms with Crippen molar-refractivity contribution in [2.45, 2.75) is 18.2 Å². The zero-order valence-corrected chi connectivity index (χ0v) is 14.3. The van der Waals surface area contributed by atoms with Gasteiger partial charge in [0.25, 0.3) is 0 Å². The summed E-state index contributed by atoms with van der Waals surface area (Å²) in [4.78, 5) is 3.66. The van der Waals surface area contributed by atoms with Crippen molar-refractivity contribution in [2.75, 3.05) is 6.26 Å². The first-order valence-electron chi connectivity index (χ1n) is 7.67. The van der Waals surface area contributed by atoms with Gasteiger partial charge in [-0.2, -0.15) is 0 Å². The molecule has 1 N–H and O–H groups in total. The molecule has 0 aliphatic heterocycles. The highest BCUT2D eigenvalue weighted by Crippen LogP contribution is 2.33. The molecule has 0 aliphatic carbocycles. The van der Waals surface area contributed by atoms with Crippen LogP contribution in [0, 0.1) is 5.82 Å². The molecule has 0 radical (unpaired) electrons. The Balaban J connectivity index is 2.10. The lowest BCUT2D eigenvalue weighted by Gasteiger charge is -2.06. The Morgan fingerprint density at radius 1 is 0.958 bits per heavy atom. The summed E-state index contributed by atoms with van der Waals surface area (Å²) < 4.78 is 36.4. The number of H-pyrrole nitrogens is 1. The van der Waals surface area contributed by atoms with E-state index in [0.717, 1.165) is 34.5 Å². The van der Waals surface area contributed by atoms with Gasteiger partial charge in [0.05, 0.1) is 10.6 Å². The molecule has 1 aromatic heterocycles. The molecule has 0 amide bonds. The molecule has 0 saturated heterocycles. The number of rotatable bonds is 4. The van der Waals surface area contributed by atoms with Crippen LogP contribution in [0.2, 0.25) is 0 Å². The minimum Gasteiger partial charge on any atom is -0.358 e. The SMILES string of the molecule is CCc1cc(-c2ccc(F)cc2)c(-c2ccc(S(C)(=O)=O)cc2)[nH]1. The third-order valence-corrected chi connectivity index (χ3v) is 5.11. The highest BCUT2D eigenvalue weighted by molar-refractivity contribution is 7.90. The van der Waals surface area contributed by atoms with Crippen LogP contribution in [0.1, 0.15) is 12.6 Å². The number of aromatic nitrogens is 1. The third-order valence-electron chi connectivity index (χ3n) is 3.98. The van der Waals surface area contributed by atoms with Gasteiger partial charge in [-0.1, -0.05) is 31.2 Å². The summed E-state index contributed by atoms with van der Waals surface area (Å²) in [6, 6.07) is 15.2. The zero-order chi connectivity index (χ0) is 17.3. The molecule has 0 spiro atoms. The third kappa shape index (κ3) is 3.26. The number of nitrogens with one attached hydrogen (secondary N) is 1. The maximum atomic E-state index is 13.2. The monoisotopic (exact) mass is 343 g/mol. The van der Waals surface area contributed by atoms with Gasteiger partial charge in [0, 0.05) is 17.5 Å². The molecule has 3 rings (SSSR count). The first-order valence-corrected chi connectivity index (χ1v) is 9.56. The van der Waals surface area contributed by atoms with E-state index in [0.29, 0.717) is 0 Å². The van der Waals surface area contributed by atoms with E-state index >= 15 is 0 Å². The van der Waals surface area contributed by atoms with E-state index in [9.17, 15) is 12.8 Å². The van der Waals surface area contributed by atoms with E-state index in [-0.39, 0.29) is 10.7 Å². The van der Waals surface area contributed by atoms with Gasteiger partial charge in [-0.15, -0.1) is 0 Å². The fourth-order valence-electron chi connectivity index (χ4n) is 2.65. The predicted octanol–water partition coefficient (Wildman–Crippen LogP) is 4.45. The van der Waals surface area contributed by atoms with Gasteiger partial charge >= 0.3 is 0 Å². The molecule has 24 heavy (non-hydrogen) atoms. The van der Waals surface area contributed by atoms with Crippen LogP contribution in [0.25, 0.3) is 22.4 Å². The highest BCUT2D eigenvalue weighted by Gasteiger charge is 2.13. The summed E-state index contributed by atoms with van der Waals surface area (Å²) in [6.07, 6.45) is 2.03. The van der Waals surface area contributed by atoms with Crippen LogP contribution < -0.4 is 0 Å². The van der Waals surface area contributed by atoms with E-state index in [1.807, 2.05) is 6.07 Å². The minimum absolute atomic E-state index is 0.274. The maximum absolute atomic E-state index is 13.2. The van der Waals surface area contributed by atoms with Crippen LogP contribution in [0.5, 0.6) is 0 Å². The Hall–Kier alpha value is -2.40. The van der Waals surface area contributed by atoms with Crippen molar-refractivity contribution in [3.8, 4) is 22.4 Å². The normalized spacial score (nSPS) is 11.6. The molecule has 0 atom stereocenters. The summed E-state index contributed by atoms with van der Waals surface area (Å²) in [5, 5.41) is 0. The predicted molar refractivity (Wildman–Crippen MR) is 94.1 cm³/mol. The molecule has 3 nitrogen and oxygen atoms in total. The minimum atomic E-state index is -3.22. The molecule has 3 aromatic rings. The Bertz CT molecular complexity index is 956. The van der Waals surface area contributed by atoms with Crippen molar-refractivity contribution >= 4 is 9.84 Å². The van der Waals surface area contributed by atoms with Crippen molar-refractivity contribution in [2.24, 2.45) is 0 Å². The molecule has 124 valence electrons.